The standard InChI is InChI=1S/C14H19N/c1-3-6-12(2)15-10-9-13-7-4-5-8-14(13)11-15/h4-5,7-8H,2-3,6,9-11H2,1H3. The van der Waals surface area contributed by atoms with Crippen molar-refractivity contribution in [1.29, 1.82) is 0 Å². The Labute approximate surface area is 92.4 Å². The van der Waals surface area contributed by atoms with Gasteiger partial charge in [0.2, 0.25) is 0 Å². The summed E-state index contributed by atoms with van der Waals surface area (Å²) in [7, 11) is 0. The van der Waals surface area contributed by atoms with Crippen LogP contribution in [-0.2, 0) is 13.0 Å². The Bertz CT molecular complexity index is 354. The maximum absolute atomic E-state index is 4.17. The monoisotopic (exact) mass is 201 g/mol. The Morgan fingerprint density at radius 1 is 1.33 bits per heavy atom. The van der Waals surface area contributed by atoms with Crippen molar-refractivity contribution in [2.45, 2.75) is 32.7 Å². The van der Waals surface area contributed by atoms with Gasteiger partial charge in [-0.2, -0.15) is 0 Å². The summed E-state index contributed by atoms with van der Waals surface area (Å²) < 4.78 is 0. The fraction of sp³-hybridized carbons (Fsp3) is 0.429. The molecule has 0 saturated heterocycles. The number of nitrogens with zero attached hydrogens (tertiary/aromatic N) is 1. The molecule has 0 radical (unpaired) electrons. The Kier molecular flexibility index (Phi) is 3.10. The van der Waals surface area contributed by atoms with Crippen molar-refractivity contribution in [3.05, 3.63) is 47.7 Å². The average Bonchev–Trinajstić information content (AvgIpc) is 2.29. The average molecular weight is 201 g/mol. The molecule has 1 aliphatic heterocycles. The number of rotatable bonds is 3. The number of hydrogen-bond acceptors (Lipinski definition) is 1. The molecule has 1 aromatic rings. The number of fused-ring (bicyclic) bond motifs is 1. The topological polar surface area (TPSA) is 3.24 Å². The highest BCUT2D eigenvalue weighted by Gasteiger charge is 2.15. The number of benzene rings is 1. The predicted molar refractivity (Wildman–Crippen MR) is 64.6 cm³/mol. The van der Waals surface area contributed by atoms with Gasteiger partial charge < -0.3 is 4.90 Å². The van der Waals surface area contributed by atoms with Gasteiger partial charge in [-0.3, -0.25) is 0 Å². The molecule has 0 amide bonds. The van der Waals surface area contributed by atoms with Gasteiger partial charge >= 0.3 is 0 Å². The molecule has 2 rings (SSSR count). The largest absolute Gasteiger partial charge is 0.371 e. The van der Waals surface area contributed by atoms with E-state index in [4.69, 9.17) is 0 Å². The summed E-state index contributed by atoms with van der Waals surface area (Å²) in [6.07, 6.45) is 3.48. The first-order chi connectivity index (χ1) is 7.31. The van der Waals surface area contributed by atoms with E-state index in [9.17, 15) is 0 Å². The van der Waals surface area contributed by atoms with Crippen LogP contribution in [0.15, 0.2) is 36.5 Å². The van der Waals surface area contributed by atoms with Crippen molar-refractivity contribution in [3.8, 4) is 0 Å². The van der Waals surface area contributed by atoms with E-state index in [0.717, 1.165) is 19.5 Å². The lowest BCUT2D eigenvalue weighted by Gasteiger charge is -2.32. The normalized spacial score (nSPS) is 14.9. The molecule has 1 aromatic carbocycles. The SMILES string of the molecule is C=C(CCC)N1CCc2ccccc2C1. The zero-order valence-electron chi connectivity index (χ0n) is 9.50. The van der Waals surface area contributed by atoms with E-state index in [0.29, 0.717) is 0 Å². The van der Waals surface area contributed by atoms with Crippen LogP contribution in [0.2, 0.25) is 0 Å². The van der Waals surface area contributed by atoms with Crippen LogP contribution in [0.25, 0.3) is 0 Å². The van der Waals surface area contributed by atoms with Gasteiger partial charge in [0.05, 0.1) is 0 Å². The van der Waals surface area contributed by atoms with E-state index >= 15 is 0 Å². The first kappa shape index (κ1) is 10.3. The molecule has 0 aliphatic carbocycles. The molecule has 1 nitrogen and oxygen atoms in total. The molecule has 0 fully saturated rings. The van der Waals surface area contributed by atoms with Crippen LogP contribution in [0.1, 0.15) is 30.9 Å². The summed E-state index contributed by atoms with van der Waals surface area (Å²) in [5.74, 6) is 0. The Hall–Kier alpha value is -1.24. The van der Waals surface area contributed by atoms with Crippen molar-refractivity contribution < 1.29 is 0 Å². The molecule has 1 aliphatic rings. The van der Waals surface area contributed by atoms with Crippen molar-refractivity contribution in [2.75, 3.05) is 6.54 Å². The van der Waals surface area contributed by atoms with E-state index < -0.39 is 0 Å². The summed E-state index contributed by atoms with van der Waals surface area (Å²) in [6, 6.07) is 8.75. The molecule has 0 N–H and O–H groups in total. The maximum atomic E-state index is 4.17. The second-order valence-corrected chi connectivity index (χ2v) is 4.26. The van der Waals surface area contributed by atoms with Crippen molar-refractivity contribution in [2.24, 2.45) is 0 Å². The molecule has 0 bridgehead atoms. The lowest BCUT2D eigenvalue weighted by molar-refractivity contribution is 0.312. The minimum absolute atomic E-state index is 1.05. The first-order valence-electron chi connectivity index (χ1n) is 5.80. The zero-order valence-corrected chi connectivity index (χ0v) is 9.50. The van der Waals surface area contributed by atoms with Crippen LogP contribution < -0.4 is 0 Å². The molecule has 80 valence electrons. The van der Waals surface area contributed by atoms with Crippen LogP contribution in [-0.4, -0.2) is 11.4 Å². The first-order valence-corrected chi connectivity index (χ1v) is 5.80. The lowest BCUT2D eigenvalue weighted by atomic mass is 9.99. The van der Waals surface area contributed by atoms with Crippen molar-refractivity contribution >= 4 is 0 Å². The third-order valence-electron chi connectivity index (χ3n) is 3.12. The molecular weight excluding hydrogens is 182 g/mol. The molecule has 1 heteroatoms. The van der Waals surface area contributed by atoms with Gasteiger partial charge in [-0.05, 0) is 24.0 Å². The van der Waals surface area contributed by atoms with Gasteiger partial charge in [-0.1, -0.05) is 44.2 Å². The molecule has 0 saturated carbocycles. The Morgan fingerprint density at radius 3 is 2.80 bits per heavy atom. The highest BCUT2D eigenvalue weighted by atomic mass is 15.1. The van der Waals surface area contributed by atoms with Crippen LogP contribution in [0.4, 0.5) is 0 Å². The molecule has 0 atom stereocenters. The van der Waals surface area contributed by atoms with Gasteiger partial charge in [0.15, 0.2) is 0 Å². The van der Waals surface area contributed by atoms with E-state index in [1.807, 2.05) is 0 Å². The highest BCUT2D eigenvalue weighted by Crippen LogP contribution is 2.22. The van der Waals surface area contributed by atoms with E-state index in [2.05, 4.69) is 42.7 Å². The van der Waals surface area contributed by atoms with Gasteiger partial charge in [0, 0.05) is 18.8 Å². The van der Waals surface area contributed by atoms with Crippen molar-refractivity contribution in [3.63, 3.8) is 0 Å². The smallest absolute Gasteiger partial charge is 0.0429 e. The van der Waals surface area contributed by atoms with Crippen LogP contribution in [0.3, 0.4) is 0 Å². The second kappa shape index (κ2) is 4.52. The fourth-order valence-corrected chi connectivity index (χ4v) is 2.21. The molecule has 0 spiro atoms. The van der Waals surface area contributed by atoms with Crippen LogP contribution >= 0.6 is 0 Å². The van der Waals surface area contributed by atoms with Crippen LogP contribution in [0, 0.1) is 0 Å². The Morgan fingerprint density at radius 2 is 2.07 bits per heavy atom. The summed E-state index contributed by atoms with van der Waals surface area (Å²) in [5.41, 5.74) is 4.28. The third-order valence-corrected chi connectivity index (χ3v) is 3.12. The summed E-state index contributed by atoms with van der Waals surface area (Å²) >= 11 is 0. The van der Waals surface area contributed by atoms with Gasteiger partial charge in [-0.15, -0.1) is 0 Å². The Balaban J connectivity index is 2.08. The second-order valence-electron chi connectivity index (χ2n) is 4.26. The van der Waals surface area contributed by atoms with E-state index in [-0.39, 0.29) is 0 Å². The minimum Gasteiger partial charge on any atom is -0.371 e. The number of allylic oxidation sites excluding steroid dienone is 1. The minimum atomic E-state index is 1.05. The summed E-state index contributed by atoms with van der Waals surface area (Å²) in [5, 5.41) is 0. The molecule has 1 heterocycles. The predicted octanol–water partition coefficient (Wildman–Crippen LogP) is 3.36. The van der Waals surface area contributed by atoms with Gasteiger partial charge in [0.25, 0.3) is 0 Å². The lowest BCUT2D eigenvalue weighted by Crippen LogP contribution is -2.29. The van der Waals surface area contributed by atoms with Gasteiger partial charge in [-0.25, -0.2) is 0 Å². The third kappa shape index (κ3) is 2.23. The maximum Gasteiger partial charge on any atom is 0.0429 e. The summed E-state index contributed by atoms with van der Waals surface area (Å²) in [6.45, 7) is 8.56. The zero-order chi connectivity index (χ0) is 10.7. The van der Waals surface area contributed by atoms with E-state index in [1.165, 1.54) is 29.7 Å². The number of hydrogen-bond donors (Lipinski definition) is 0. The van der Waals surface area contributed by atoms with E-state index in [1.54, 1.807) is 0 Å². The molecular formula is C14H19N. The van der Waals surface area contributed by atoms with Gasteiger partial charge in [0.1, 0.15) is 0 Å². The van der Waals surface area contributed by atoms with Crippen LogP contribution in [0.5, 0.6) is 0 Å². The quantitative estimate of drug-likeness (QED) is 0.725. The molecule has 15 heavy (non-hydrogen) atoms. The highest BCUT2D eigenvalue weighted by molar-refractivity contribution is 5.29. The fourth-order valence-electron chi connectivity index (χ4n) is 2.21. The molecule has 0 aromatic heterocycles. The summed E-state index contributed by atoms with van der Waals surface area (Å²) in [4.78, 5) is 2.42. The molecule has 0 unspecified atom stereocenters. The van der Waals surface area contributed by atoms with Crippen molar-refractivity contribution in [1.82, 2.24) is 4.90 Å².